The van der Waals surface area contributed by atoms with Crippen LogP contribution in [0.4, 0.5) is 5.82 Å². The maximum atomic E-state index is 11.0. The average Bonchev–Trinajstić information content (AvgIpc) is 2.75. The fourth-order valence-electron chi connectivity index (χ4n) is 1.61. The molecule has 0 aliphatic carbocycles. The van der Waals surface area contributed by atoms with Gasteiger partial charge in [0.05, 0.1) is 11.9 Å². The summed E-state index contributed by atoms with van der Waals surface area (Å²) in [4.78, 5) is 11.0. The van der Waals surface area contributed by atoms with Crippen LogP contribution in [0.5, 0.6) is 0 Å². The summed E-state index contributed by atoms with van der Waals surface area (Å²) in [6.45, 7) is 2.55. The molecule has 0 fully saturated rings. The minimum Gasteiger partial charge on any atom is -0.477 e. The molecule has 1 heterocycles. The predicted octanol–water partition coefficient (Wildman–Crippen LogP) is 2.00. The lowest BCUT2D eigenvalue weighted by atomic mass is 10.3. The Balaban J connectivity index is 2.51. The first-order valence-corrected chi connectivity index (χ1v) is 5.34. The summed E-state index contributed by atoms with van der Waals surface area (Å²) in [6.07, 6.45) is 1.35. The van der Waals surface area contributed by atoms with Crippen LogP contribution in [-0.2, 0) is 0 Å². The monoisotopic (exact) mass is 231 g/mol. The van der Waals surface area contributed by atoms with Crippen LogP contribution in [-0.4, -0.2) is 27.4 Å². The van der Waals surface area contributed by atoms with Gasteiger partial charge in [-0.3, -0.25) is 0 Å². The third kappa shape index (κ3) is 2.13. The Morgan fingerprint density at radius 2 is 2.12 bits per heavy atom. The number of nitrogens with one attached hydrogen (secondary N) is 1. The molecule has 1 aromatic heterocycles. The number of carboxylic acid groups (broad SMARTS) is 1. The number of hydrogen-bond acceptors (Lipinski definition) is 3. The second-order valence-corrected chi connectivity index (χ2v) is 3.49. The summed E-state index contributed by atoms with van der Waals surface area (Å²) < 4.78 is 1.59. The Labute approximate surface area is 98.7 Å². The van der Waals surface area contributed by atoms with Crippen LogP contribution in [0.3, 0.4) is 0 Å². The molecule has 0 amide bonds. The van der Waals surface area contributed by atoms with Crippen molar-refractivity contribution in [3.8, 4) is 5.69 Å². The van der Waals surface area contributed by atoms with Crippen LogP contribution in [0, 0.1) is 0 Å². The zero-order chi connectivity index (χ0) is 12.3. The zero-order valence-electron chi connectivity index (χ0n) is 9.42. The Morgan fingerprint density at radius 3 is 2.71 bits per heavy atom. The first-order chi connectivity index (χ1) is 8.24. The van der Waals surface area contributed by atoms with E-state index in [1.54, 1.807) is 4.68 Å². The maximum Gasteiger partial charge on any atom is 0.341 e. The number of hydrogen-bond donors (Lipinski definition) is 2. The van der Waals surface area contributed by atoms with E-state index in [0.717, 1.165) is 5.69 Å². The Morgan fingerprint density at radius 1 is 1.41 bits per heavy atom. The van der Waals surface area contributed by atoms with Crippen molar-refractivity contribution in [3.63, 3.8) is 0 Å². The van der Waals surface area contributed by atoms with Gasteiger partial charge in [0, 0.05) is 6.54 Å². The van der Waals surface area contributed by atoms with Crippen molar-refractivity contribution < 1.29 is 9.90 Å². The zero-order valence-corrected chi connectivity index (χ0v) is 9.42. The van der Waals surface area contributed by atoms with E-state index in [-0.39, 0.29) is 5.56 Å². The largest absolute Gasteiger partial charge is 0.477 e. The van der Waals surface area contributed by atoms with Gasteiger partial charge >= 0.3 is 5.97 Å². The van der Waals surface area contributed by atoms with Gasteiger partial charge in [0.25, 0.3) is 0 Å². The Hall–Kier alpha value is -2.30. The number of nitrogens with zero attached hydrogens (tertiary/aromatic N) is 2. The van der Waals surface area contributed by atoms with E-state index < -0.39 is 5.97 Å². The van der Waals surface area contributed by atoms with Crippen molar-refractivity contribution >= 4 is 11.8 Å². The number of rotatable bonds is 4. The molecule has 88 valence electrons. The number of carboxylic acids is 1. The maximum absolute atomic E-state index is 11.0. The molecule has 0 bridgehead atoms. The minimum absolute atomic E-state index is 0.177. The molecule has 0 unspecified atom stereocenters. The number of anilines is 1. The van der Waals surface area contributed by atoms with E-state index >= 15 is 0 Å². The molecule has 0 saturated heterocycles. The molecule has 17 heavy (non-hydrogen) atoms. The number of aromatic nitrogens is 2. The fraction of sp³-hybridized carbons (Fsp3) is 0.167. The normalized spacial score (nSPS) is 10.2. The second-order valence-electron chi connectivity index (χ2n) is 3.49. The SMILES string of the molecule is CCNc1c(C(=O)O)cnn1-c1ccccc1. The van der Waals surface area contributed by atoms with Crippen molar-refractivity contribution in [2.45, 2.75) is 6.92 Å². The molecule has 2 rings (SSSR count). The molecule has 5 nitrogen and oxygen atoms in total. The van der Waals surface area contributed by atoms with Gasteiger partial charge < -0.3 is 10.4 Å². The molecule has 2 aromatic rings. The van der Waals surface area contributed by atoms with Gasteiger partial charge in [-0.25, -0.2) is 9.48 Å². The Bertz CT molecular complexity index is 520. The van der Waals surface area contributed by atoms with E-state index in [2.05, 4.69) is 10.4 Å². The summed E-state index contributed by atoms with van der Waals surface area (Å²) in [5, 5.41) is 16.2. The molecule has 0 saturated carbocycles. The lowest BCUT2D eigenvalue weighted by Crippen LogP contribution is -2.09. The fourth-order valence-corrected chi connectivity index (χ4v) is 1.61. The van der Waals surface area contributed by atoms with Crippen LogP contribution in [0.25, 0.3) is 5.69 Å². The molecule has 2 N–H and O–H groups in total. The van der Waals surface area contributed by atoms with E-state index in [1.165, 1.54) is 6.20 Å². The molecule has 0 spiro atoms. The van der Waals surface area contributed by atoms with Gasteiger partial charge in [-0.1, -0.05) is 18.2 Å². The smallest absolute Gasteiger partial charge is 0.341 e. The standard InChI is InChI=1S/C12H13N3O2/c1-2-13-11-10(12(16)17)8-14-15(11)9-6-4-3-5-7-9/h3-8,13H,2H2,1H3,(H,16,17). The van der Waals surface area contributed by atoms with Crippen molar-refractivity contribution in [1.29, 1.82) is 0 Å². The highest BCUT2D eigenvalue weighted by Gasteiger charge is 2.16. The lowest BCUT2D eigenvalue weighted by molar-refractivity contribution is 0.0698. The van der Waals surface area contributed by atoms with E-state index in [9.17, 15) is 4.79 Å². The van der Waals surface area contributed by atoms with E-state index in [4.69, 9.17) is 5.11 Å². The van der Waals surface area contributed by atoms with Gasteiger partial charge in [-0.2, -0.15) is 5.10 Å². The first-order valence-electron chi connectivity index (χ1n) is 5.34. The molecule has 1 aromatic carbocycles. The summed E-state index contributed by atoms with van der Waals surface area (Å²) in [5.74, 6) is -0.477. The van der Waals surface area contributed by atoms with E-state index in [1.807, 2.05) is 37.3 Å². The highest BCUT2D eigenvalue weighted by atomic mass is 16.4. The topological polar surface area (TPSA) is 67.2 Å². The first kappa shape index (κ1) is 11.2. The summed E-state index contributed by atoms with van der Waals surface area (Å²) in [6, 6.07) is 9.41. The molecule has 5 heteroatoms. The molecule has 0 radical (unpaired) electrons. The van der Waals surface area contributed by atoms with Gasteiger partial charge in [0.1, 0.15) is 11.4 Å². The molecule has 0 aliphatic heterocycles. The molecule has 0 aliphatic rings. The average molecular weight is 231 g/mol. The number of aromatic carboxylic acids is 1. The number of carbonyl (C=O) groups is 1. The van der Waals surface area contributed by atoms with Gasteiger partial charge in [-0.15, -0.1) is 0 Å². The van der Waals surface area contributed by atoms with Crippen LogP contribution in [0.15, 0.2) is 36.5 Å². The number of para-hydroxylation sites is 1. The third-order valence-corrected chi connectivity index (χ3v) is 2.34. The predicted molar refractivity (Wildman–Crippen MR) is 64.7 cm³/mol. The highest BCUT2D eigenvalue weighted by molar-refractivity contribution is 5.93. The summed E-state index contributed by atoms with van der Waals surface area (Å²) >= 11 is 0. The summed E-state index contributed by atoms with van der Waals surface area (Å²) in [7, 11) is 0. The summed E-state index contributed by atoms with van der Waals surface area (Å²) in [5.41, 5.74) is 1.01. The third-order valence-electron chi connectivity index (χ3n) is 2.34. The highest BCUT2D eigenvalue weighted by Crippen LogP contribution is 2.19. The van der Waals surface area contributed by atoms with E-state index in [0.29, 0.717) is 12.4 Å². The van der Waals surface area contributed by atoms with Gasteiger partial charge in [0.15, 0.2) is 0 Å². The van der Waals surface area contributed by atoms with Crippen LogP contribution in [0.1, 0.15) is 17.3 Å². The van der Waals surface area contributed by atoms with Crippen molar-refractivity contribution in [1.82, 2.24) is 9.78 Å². The van der Waals surface area contributed by atoms with Gasteiger partial charge in [0.2, 0.25) is 0 Å². The molecular weight excluding hydrogens is 218 g/mol. The van der Waals surface area contributed by atoms with Crippen LogP contribution < -0.4 is 5.32 Å². The number of benzene rings is 1. The Kier molecular flexibility index (Phi) is 3.09. The van der Waals surface area contributed by atoms with Gasteiger partial charge in [-0.05, 0) is 19.1 Å². The second kappa shape index (κ2) is 4.69. The quantitative estimate of drug-likeness (QED) is 0.844. The minimum atomic E-state index is -0.983. The molecule has 0 atom stereocenters. The van der Waals surface area contributed by atoms with Crippen molar-refractivity contribution in [2.24, 2.45) is 0 Å². The van der Waals surface area contributed by atoms with Crippen LogP contribution >= 0.6 is 0 Å². The van der Waals surface area contributed by atoms with Crippen molar-refractivity contribution in [3.05, 3.63) is 42.1 Å². The van der Waals surface area contributed by atoms with Crippen LogP contribution in [0.2, 0.25) is 0 Å². The van der Waals surface area contributed by atoms with Crippen molar-refractivity contribution in [2.75, 3.05) is 11.9 Å². The molecular formula is C12H13N3O2. The lowest BCUT2D eigenvalue weighted by Gasteiger charge is -2.09.